The van der Waals surface area contributed by atoms with E-state index in [2.05, 4.69) is 39.7 Å². The summed E-state index contributed by atoms with van der Waals surface area (Å²) in [4.78, 5) is 8.93. The van der Waals surface area contributed by atoms with E-state index in [0.29, 0.717) is 11.0 Å². The summed E-state index contributed by atoms with van der Waals surface area (Å²) in [5, 5.41) is 7.19. The lowest BCUT2D eigenvalue weighted by atomic mass is 10.2. The molecule has 5 heteroatoms. The van der Waals surface area contributed by atoms with Crippen molar-refractivity contribution >= 4 is 34.7 Å². The van der Waals surface area contributed by atoms with E-state index in [4.69, 9.17) is 11.6 Å². The van der Waals surface area contributed by atoms with Crippen molar-refractivity contribution in [3.63, 3.8) is 0 Å². The van der Waals surface area contributed by atoms with E-state index in [1.54, 1.807) is 0 Å². The van der Waals surface area contributed by atoms with Crippen LogP contribution in [0.4, 0.5) is 23.1 Å². The van der Waals surface area contributed by atoms with Gasteiger partial charge in [-0.1, -0.05) is 23.7 Å². The molecule has 0 amide bonds. The van der Waals surface area contributed by atoms with Gasteiger partial charge in [0.05, 0.1) is 0 Å². The Bertz CT molecular complexity index is 816. The number of anilines is 4. The van der Waals surface area contributed by atoms with Gasteiger partial charge in [-0.15, -0.1) is 0 Å². The minimum Gasteiger partial charge on any atom is -0.340 e. The topological polar surface area (TPSA) is 49.8 Å². The maximum atomic E-state index is 5.90. The first-order valence-corrected chi connectivity index (χ1v) is 7.68. The summed E-state index contributed by atoms with van der Waals surface area (Å²) in [5.74, 6) is 1.29. The number of aromatic nitrogens is 2. The van der Waals surface area contributed by atoms with Gasteiger partial charge in [-0.25, -0.2) is 4.98 Å². The molecule has 0 atom stereocenters. The second-order valence-corrected chi connectivity index (χ2v) is 5.78. The lowest BCUT2D eigenvalue weighted by Crippen LogP contribution is -2.02. The van der Waals surface area contributed by atoms with Crippen LogP contribution in [-0.2, 0) is 0 Å². The molecule has 3 rings (SSSR count). The van der Waals surface area contributed by atoms with E-state index in [1.807, 2.05) is 49.4 Å². The first-order chi connectivity index (χ1) is 11.1. The van der Waals surface area contributed by atoms with Crippen LogP contribution < -0.4 is 10.6 Å². The Morgan fingerprint density at radius 3 is 2.35 bits per heavy atom. The Labute approximate surface area is 140 Å². The molecule has 0 fully saturated rings. The van der Waals surface area contributed by atoms with Crippen LogP contribution in [0, 0.1) is 13.8 Å². The van der Waals surface area contributed by atoms with Crippen molar-refractivity contribution in [2.24, 2.45) is 0 Å². The average Bonchev–Trinajstić information content (AvgIpc) is 2.49. The summed E-state index contributed by atoms with van der Waals surface area (Å²) < 4.78 is 0. The Morgan fingerprint density at radius 2 is 1.61 bits per heavy atom. The van der Waals surface area contributed by atoms with E-state index in [-0.39, 0.29) is 0 Å². The molecule has 0 spiro atoms. The quantitative estimate of drug-likeness (QED) is 0.689. The first kappa shape index (κ1) is 15.3. The Hall–Kier alpha value is -2.59. The van der Waals surface area contributed by atoms with Crippen LogP contribution in [0.1, 0.15) is 11.3 Å². The predicted octanol–water partition coefficient (Wildman–Crippen LogP) is 5.23. The number of nitrogens with one attached hydrogen (secondary N) is 2. The minimum absolute atomic E-state index is 0.544. The number of nitrogens with zero attached hydrogens (tertiary/aromatic N) is 2. The third-order valence-corrected chi connectivity index (χ3v) is 3.50. The van der Waals surface area contributed by atoms with Crippen LogP contribution in [0.3, 0.4) is 0 Å². The molecule has 3 aromatic rings. The maximum absolute atomic E-state index is 5.90. The number of benzene rings is 2. The van der Waals surface area contributed by atoms with Crippen molar-refractivity contribution in [2.75, 3.05) is 10.6 Å². The normalized spacial score (nSPS) is 10.4. The lowest BCUT2D eigenvalue weighted by molar-refractivity contribution is 1.11. The second-order valence-electron chi connectivity index (χ2n) is 5.34. The van der Waals surface area contributed by atoms with Crippen LogP contribution in [0.15, 0.2) is 54.6 Å². The van der Waals surface area contributed by atoms with Gasteiger partial charge in [0.25, 0.3) is 0 Å². The molecule has 0 saturated carbocycles. The lowest BCUT2D eigenvalue weighted by Gasteiger charge is -2.10. The van der Waals surface area contributed by atoms with E-state index in [1.165, 1.54) is 5.56 Å². The van der Waals surface area contributed by atoms with E-state index in [0.717, 1.165) is 22.9 Å². The van der Waals surface area contributed by atoms with Crippen LogP contribution in [0.5, 0.6) is 0 Å². The molecule has 0 aliphatic rings. The number of rotatable bonds is 4. The smallest absolute Gasteiger partial charge is 0.229 e. The molecule has 116 valence electrons. The minimum atomic E-state index is 0.544. The monoisotopic (exact) mass is 324 g/mol. The zero-order valence-corrected chi connectivity index (χ0v) is 13.7. The number of aryl methyl sites for hydroxylation is 2. The fourth-order valence-electron chi connectivity index (χ4n) is 2.22. The highest BCUT2D eigenvalue weighted by Crippen LogP contribution is 2.20. The SMILES string of the molecule is Cc1cccc(Nc2cc(C)nc(Nc3ccc(Cl)cc3)n2)c1. The molecule has 23 heavy (non-hydrogen) atoms. The summed E-state index contributed by atoms with van der Waals surface area (Å²) in [6, 6.07) is 17.5. The van der Waals surface area contributed by atoms with Gasteiger partial charge >= 0.3 is 0 Å². The van der Waals surface area contributed by atoms with Crippen molar-refractivity contribution < 1.29 is 0 Å². The molecule has 1 heterocycles. The van der Waals surface area contributed by atoms with Crippen LogP contribution in [0.25, 0.3) is 0 Å². The van der Waals surface area contributed by atoms with E-state index < -0.39 is 0 Å². The van der Waals surface area contributed by atoms with Crippen LogP contribution >= 0.6 is 11.6 Å². The van der Waals surface area contributed by atoms with Crippen LogP contribution in [-0.4, -0.2) is 9.97 Å². The third-order valence-electron chi connectivity index (χ3n) is 3.25. The van der Waals surface area contributed by atoms with Gasteiger partial charge in [-0.3, -0.25) is 0 Å². The van der Waals surface area contributed by atoms with Gasteiger partial charge in [0.1, 0.15) is 5.82 Å². The van der Waals surface area contributed by atoms with Gasteiger partial charge in [0.2, 0.25) is 5.95 Å². The fraction of sp³-hybridized carbons (Fsp3) is 0.111. The molecular formula is C18H17ClN4. The van der Waals surface area contributed by atoms with Gasteiger partial charge in [-0.05, 0) is 55.8 Å². The zero-order chi connectivity index (χ0) is 16.2. The molecule has 0 aliphatic carbocycles. The highest BCUT2D eigenvalue weighted by atomic mass is 35.5. The highest BCUT2D eigenvalue weighted by Gasteiger charge is 2.04. The Kier molecular flexibility index (Phi) is 4.44. The Morgan fingerprint density at radius 1 is 0.826 bits per heavy atom. The fourth-order valence-corrected chi connectivity index (χ4v) is 2.35. The molecule has 0 unspecified atom stereocenters. The highest BCUT2D eigenvalue weighted by molar-refractivity contribution is 6.30. The summed E-state index contributed by atoms with van der Waals surface area (Å²) >= 11 is 5.90. The van der Waals surface area contributed by atoms with Crippen molar-refractivity contribution in [1.29, 1.82) is 0 Å². The van der Waals surface area contributed by atoms with Crippen molar-refractivity contribution in [3.05, 3.63) is 70.9 Å². The summed E-state index contributed by atoms with van der Waals surface area (Å²) in [6.07, 6.45) is 0. The van der Waals surface area contributed by atoms with Crippen LogP contribution in [0.2, 0.25) is 5.02 Å². The largest absolute Gasteiger partial charge is 0.340 e. The molecule has 0 aliphatic heterocycles. The van der Waals surface area contributed by atoms with Crippen molar-refractivity contribution in [3.8, 4) is 0 Å². The average molecular weight is 325 g/mol. The Balaban J connectivity index is 1.82. The maximum Gasteiger partial charge on any atom is 0.229 e. The summed E-state index contributed by atoms with van der Waals surface area (Å²) in [7, 11) is 0. The predicted molar refractivity (Wildman–Crippen MR) is 96.0 cm³/mol. The standard InChI is InChI=1S/C18H17ClN4/c1-12-4-3-5-16(10-12)21-17-11-13(2)20-18(23-17)22-15-8-6-14(19)7-9-15/h3-11H,1-2H3,(H2,20,21,22,23). The zero-order valence-electron chi connectivity index (χ0n) is 13.0. The van der Waals surface area contributed by atoms with Crippen molar-refractivity contribution in [2.45, 2.75) is 13.8 Å². The first-order valence-electron chi connectivity index (χ1n) is 7.30. The molecular weight excluding hydrogens is 308 g/mol. The molecule has 1 aromatic heterocycles. The van der Waals surface area contributed by atoms with E-state index in [9.17, 15) is 0 Å². The van der Waals surface area contributed by atoms with Gasteiger partial charge < -0.3 is 10.6 Å². The molecule has 0 saturated heterocycles. The molecule has 0 bridgehead atoms. The number of hydrogen-bond acceptors (Lipinski definition) is 4. The van der Waals surface area contributed by atoms with Gasteiger partial charge in [0, 0.05) is 28.2 Å². The number of halogens is 1. The van der Waals surface area contributed by atoms with Crippen molar-refractivity contribution in [1.82, 2.24) is 9.97 Å². The summed E-state index contributed by atoms with van der Waals surface area (Å²) in [6.45, 7) is 4.00. The molecule has 2 N–H and O–H groups in total. The molecule has 4 nitrogen and oxygen atoms in total. The molecule has 2 aromatic carbocycles. The molecule has 0 radical (unpaired) electrons. The second kappa shape index (κ2) is 6.67. The third kappa shape index (κ3) is 4.20. The van der Waals surface area contributed by atoms with Gasteiger partial charge in [0.15, 0.2) is 0 Å². The van der Waals surface area contributed by atoms with Gasteiger partial charge in [-0.2, -0.15) is 4.98 Å². The summed E-state index contributed by atoms with van der Waals surface area (Å²) in [5.41, 5.74) is 3.97. The number of hydrogen-bond donors (Lipinski definition) is 2. The van der Waals surface area contributed by atoms with E-state index >= 15 is 0 Å².